The Kier molecular flexibility index (Phi) is 5.53. The van der Waals surface area contributed by atoms with Crippen molar-refractivity contribution in [3.8, 4) is 6.07 Å². The number of primary amides is 1. The number of carbonyl (C=O) groups excluding carboxylic acids is 2. The van der Waals surface area contributed by atoms with Crippen LogP contribution >= 0.6 is 0 Å². The maximum Gasteiger partial charge on any atom is 0.312 e. The predicted octanol–water partition coefficient (Wildman–Crippen LogP) is 2.00. The van der Waals surface area contributed by atoms with Gasteiger partial charge in [0.1, 0.15) is 0 Å². The summed E-state index contributed by atoms with van der Waals surface area (Å²) in [7, 11) is 1.73. The van der Waals surface area contributed by atoms with Crippen molar-refractivity contribution in [3.05, 3.63) is 70.8 Å². The number of nitrogens with one attached hydrogen (secondary N) is 1. The highest BCUT2D eigenvalue weighted by atomic mass is 16.2. The summed E-state index contributed by atoms with van der Waals surface area (Å²) < 4.78 is 0. The van der Waals surface area contributed by atoms with Gasteiger partial charge in [0.05, 0.1) is 11.6 Å². The first kappa shape index (κ1) is 17.0. The van der Waals surface area contributed by atoms with Gasteiger partial charge in [-0.05, 0) is 35.4 Å². The Morgan fingerprint density at radius 2 is 1.67 bits per heavy atom. The van der Waals surface area contributed by atoms with Crippen LogP contribution in [0, 0.1) is 11.3 Å². The van der Waals surface area contributed by atoms with Crippen molar-refractivity contribution in [2.75, 3.05) is 7.05 Å². The third kappa shape index (κ3) is 4.58. The van der Waals surface area contributed by atoms with Gasteiger partial charge in [-0.15, -0.1) is 0 Å². The molecule has 2 rings (SSSR count). The summed E-state index contributed by atoms with van der Waals surface area (Å²) in [5, 5.41) is 11.3. The standard InChI is InChI=1S/C18H18N4O2/c1-22(12-15-4-2-13(10-19)3-5-15)17(23)16-8-6-14(7-9-16)11-21-18(20)24/h2-9H,11-12H2,1H3,(H3,20,21,24). The SMILES string of the molecule is CN(Cc1ccc(C#N)cc1)C(=O)c1ccc(CNC(N)=O)cc1. The van der Waals surface area contributed by atoms with Gasteiger partial charge < -0.3 is 16.0 Å². The zero-order chi connectivity index (χ0) is 17.5. The van der Waals surface area contributed by atoms with Crippen LogP contribution in [0.15, 0.2) is 48.5 Å². The van der Waals surface area contributed by atoms with E-state index in [1.807, 2.05) is 12.1 Å². The molecule has 0 saturated carbocycles. The van der Waals surface area contributed by atoms with E-state index in [-0.39, 0.29) is 5.91 Å². The number of amides is 3. The fourth-order valence-electron chi connectivity index (χ4n) is 2.21. The van der Waals surface area contributed by atoms with Crippen LogP contribution in [0.1, 0.15) is 27.0 Å². The van der Waals surface area contributed by atoms with E-state index in [0.29, 0.717) is 24.2 Å². The number of hydrogen-bond donors (Lipinski definition) is 2. The van der Waals surface area contributed by atoms with Crippen LogP contribution in [-0.2, 0) is 13.1 Å². The molecule has 2 aromatic rings. The monoisotopic (exact) mass is 322 g/mol. The van der Waals surface area contributed by atoms with Crippen molar-refractivity contribution >= 4 is 11.9 Å². The van der Waals surface area contributed by atoms with E-state index in [0.717, 1.165) is 11.1 Å². The van der Waals surface area contributed by atoms with Crippen molar-refractivity contribution in [3.63, 3.8) is 0 Å². The van der Waals surface area contributed by atoms with Crippen molar-refractivity contribution in [2.24, 2.45) is 5.73 Å². The molecule has 0 spiro atoms. The summed E-state index contributed by atoms with van der Waals surface area (Å²) in [6.45, 7) is 0.778. The summed E-state index contributed by atoms with van der Waals surface area (Å²) in [4.78, 5) is 24.7. The Bertz CT molecular complexity index is 761. The molecular formula is C18H18N4O2. The van der Waals surface area contributed by atoms with Crippen molar-refractivity contribution in [1.29, 1.82) is 5.26 Å². The molecule has 0 fully saturated rings. The van der Waals surface area contributed by atoms with Gasteiger partial charge in [0.2, 0.25) is 0 Å². The van der Waals surface area contributed by atoms with Crippen molar-refractivity contribution in [1.82, 2.24) is 10.2 Å². The third-order valence-corrected chi connectivity index (χ3v) is 3.52. The smallest absolute Gasteiger partial charge is 0.312 e. The first-order valence-corrected chi connectivity index (χ1v) is 7.36. The second kappa shape index (κ2) is 7.79. The normalized spacial score (nSPS) is 9.83. The maximum atomic E-state index is 12.4. The average molecular weight is 322 g/mol. The predicted molar refractivity (Wildman–Crippen MR) is 89.8 cm³/mol. The molecule has 0 aliphatic heterocycles. The van der Waals surface area contributed by atoms with Crippen LogP contribution in [0.3, 0.4) is 0 Å². The quantitative estimate of drug-likeness (QED) is 0.880. The molecule has 6 heteroatoms. The lowest BCUT2D eigenvalue weighted by Gasteiger charge is -2.17. The van der Waals surface area contributed by atoms with E-state index < -0.39 is 6.03 Å². The zero-order valence-corrected chi connectivity index (χ0v) is 13.3. The summed E-state index contributed by atoms with van der Waals surface area (Å²) in [5.74, 6) is -0.103. The van der Waals surface area contributed by atoms with Crippen LogP contribution in [-0.4, -0.2) is 23.9 Å². The lowest BCUT2D eigenvalue weighted by atomic mass is 10.1. The molecular weight excluding hydrogens is 304 g/mol. The highest BCUT2D eigenvalue weighted by Crippen LogP contribution is 2.11. The molecule has 0 aromatic heterocycles. The van der Waals surface area contributed by atoms with E-state index in [9.17, 15) is 9.59 Å². The van der Waals surface area contributed by atoms with E-state index in [4.69, 9.17) is 11.0 Å². The fraction of sp³-hybridized carbons (Fsp3) is 0.167. The first-order valence-electron chi connectivity index (χ1n) is 7.36. The molecule has 24 heavy (non-hydrogen) atoms. The molecule has 3 N–H and O–H groups in total. The zero-order valence-electron chi connectivity index (χ0n) is 13.3. The second-order valence-corrected chi connectivity index (χ2v) is 5.38. The Labute approximate surface area is 140 Å². The molecule has 6 nitrogen and oxygen atoms in total. The molecule has 0 aliphatic rings. The Morgan fingerprint density at radius 1 is 1.08 bits per heavy atom. The van der Waals surface area contributed by atoms with Gasteiger partial charge >= 0.3 is 6.03 Å². The summed E-state index contributed by atoms with van der Waals surface area (Å²) >= 11 is 0. The molecule has 0 aliphatic carbocycles. The highest BCUT2D eigenvalue weighted by Gasteiger charge is 2.12. The molecule has 0 heterocycles. The minimum absolute atomic E-state index is 0.103. The van der Waals surface area contributed by atoms with Gasteiger partial charge in [-0.1, -0.05) is 24.3 Å². The Hall–Kier alpha value is -3.33. The Morgan fingerprint density at radius 3 is 2.21 bits per heavy atom. The Balaban J connectivity index is 1.99. The lowest BCUT2D eigenvalue weighted by molar-refractivity contribution is 0.0785. The summed E-state index contributed by atoms with van der Waals surface area (Å²) in [6, 6.07) is 15.6. The van der Waals surface area contributed by atoms with E-state index in [2.05, 4.69) is 11.4 Å². The third-order valence-electron chi connectivity index (χ3n) is 3.52. The summed E-state index contributed by atoms with van der Waals surface area (Å²) in [6.07, 6.45) is 0. The number of carbonyl (C=O) groups is 2. The van der Waals surface area contributed by atoms with Gasteiger partial charge in [-0.3, -0.25) is 4.79 Å². The van der Waals surface area contributed by atoms with Gasteiger partial charge in [0, 0.05) is 25.7 Å². The molecule has 0 bridgehead atoms. The van der Waals surface area contributed by atoms with Crippen LogP contribution in [0.2, 0.25) is 0 Å². The average Bonchev–Trinajstić information content (AvgIpc) is 2.60. The van der Waals surface area contributed by atoms with Crippen molar-refractivity contribution < 1.29 is 9.59 Å². The highest BCUT2D eigenvalue weighted by molar-refractivity contribution is 5.94. The molecule has 3 amide bonds. The number of rotatable bonds is 5. The van der Waals surface area contributed by atoms with Gasteiger partial charge in [0.15, 0.2) is 0 Å². The van der Waals surface area contributed by atoms with Gasteiger partial charge in [0.25, 0.3) is 5.91 Å². The molecule has 0 saturated heterocycles. The van der Waals surface area contributed by atoms with Crippen LogP contribution in [0.5, 0.6) is 0 Å². The van der Waals surface area contributed by atoms with E-state index in [1.165, 1.54) is 0 Å². The number of nitrogens with two attached hydrogens (primary N) is 1. The number of hydrogen-bond acceptors (Lipinski definition) is 3. The van der Waals surface area contributed by atoms with Crippen molar-refractivity contribution in [2.45, 2.75) is 13.1 Å². The minimum Gasteiger partial charge on any atom is -0.352 e. The minimum atomic E-state index is -0.586. The fourth-order valence-corrected chi connectivity index (χ4v) is 2.21. The molecule has 0 radical (unpaired) electrons. The van der Waals surface area contributed by atoms with Gasteiger partial charge in [-0.25, -0.2) is 4.79 Å². The molecule has 0 unspecified atom stereocenters. The van der Waals surface area contributed by atoms with Crippen LogP contribution in [0.4, 0.5) is 4.79 Å². The van der Waals surface area contributed by atoms with Crippen LogP contribution < -0.4 is 11.1 Å². The molecule has 122 valence electrons. The largest absolute Gasteiger partial charge is 0.352 e. The van der Waals surface area contributed by atoms with E-state index in [1.54, 1.807) is 48.3 Å². The lowest BCUT2D eigenvalue weighted by Crippen LogP contribution is -2.28. The number of benzene rings is 2. The maximum absolute atomic E-state index is 12.4. The summed E-state index contributed by atoms with van der Waals surface area (Å²) in [5.41, 5.74) is 7.99. The number of nitrogens with zero attached hydrogens (tertiary/aromatic N) is 2. The van der Waals surface area contributed by atoms with Gasteiger partial charge in [-0.2, -0.15) is 5.26 Å². The van der Waals surface area contributed by atoms with Crippen LogP contribution in [0.25, 0.3) is 0 Å². The molecule has 0 atom stereocenters. The number of nitriles is 1. The second-order valence-electron chi connectivity index (χ2n) is 5.38. The van der Waals surface area contributed by atoms with E-state index >= 15 is 0 Å². The number of urea groups is 1. The molecule has 2 aromatic carbocycles. The topological polar surface area (TPSA) is 99.2 Å². The first-order chi connectivity index (χ1) is 11.5.